The van der Waals surface area contributed by atoms with Gasteiger partial charge in [0, 0.05) is 47.4 Å². The number of anilines is 2. The van der Waals surface area contributed by atoms with E-state index in [9.17, 15) is 9.59 Å². The van der Waals surface area contributed by atoms with Crippen molar-refractivity contribution >= 4 is 68.2 Å². The van der Waals surface area contributed by atoms with Gasteiger partial charge < -0.3 is 35.7 Å². The van der Waals surface area contributed by atoms with E-state index in [-0.39, 0.29) is 16.1 Å². The third kappa shape index (κ3) is 6.35. The summed E-state index contributed by atoms with van der Waals surface area (Å²) in [6.07, 6.45) is 3.15. The molecule has 0 fully saturated rings. The molecule has 4 aromatic carbocycles. The summed E-state index contributed by atoms with van der Waals surface area (Å²) < 4.78 is 23.0. The van der Waals surface area contributed by atoms with E-state index in [0.717, 1.165) is 0 Å². The number of fused-ring (bicyclic) bond motifs is 2. The summed E-state index contributed by atoms with van der Waals surface area (Å²) in [6, 6.07) is 19.5. The van der Waals surface area contributed by atoms with E-state index in [0.29, 0.717) is 72.7 Å². The Kier molecular flexibility index (Phi) is 8.57. The van der Waals surface area contributed by atoms with Crippen LogP contribution in [0, 0.1) is 0 Å². The van der Waals surface area contributed by atoms with Gasteiger partial charge in [0.2, 0.25) is 0 Å². The molecule has 5 N–H and O–H groups in total. The minimum Gasteiger partial charge on any atom is -0.496 e. The standard InChI is InChI=1S/C34H25Cl2N5O6/c1-44-31-15-27-19(13-21(31)33(38)42)29(7-9-39-27)47-18-4-6-26(24(36)12-18)41-34(43)22-14-20-28(16-32(22)45-2)40-10-8-30(20)46-17-3-5-25(37)23(35)11-17/h3-16H,37H2,1-2H3,(H2,38,42)(H,41,43). The van der Waals surface area contributed by atoms with Gasteiger partial charge in [0.25, 0.3) is 11.8 Å². The molecule has 0 aliphatic rings. The topological polar surface area (TPSA) is 161 Å². The summed E-state index contributed by atoms with van der Waals surface area (Å²) in [5, 5.41) is 4.48. The lowest BCUT2D eigenvalue weighted by molar-refractivity contribution is 0.0994. The number of amides is 2. The predicted molar refractivity (Wildman–Crippen MR) is 181 cm³/mol. The van der Waals surface area contributed by atoms with E-state index in [4.69, 9.17) is 53.6 Å². The van der Waals surface area contributed by atoms with Gasteiger partial charge in [-0.15, -0.1) is 0 Å². The number of rotatable bonds is 9. The van der Waals surface area contributed by atoms with Crippen LogP contribution in [0.4, 0.5) is 11.4 Å². The average molecular weight is 671 g/mol. The molecule has 0 atom stereocenters. The summed E-state index contributed by atoms with van der Waals surface area (Å²) in [4.78, 5) is 34.3. The summed E-state index contributed by atoms with van der Waals surface area (Å²) in [5.74, 6) is 1.12. The molecule has 6 rings (SSSR count). The highest BCUT2D eigenvalue weighted by Crippen LogP contribution is 2.37. The molecular formula is C34H25Cl2N5O6. The normalized spacial score (nSPS) is 10.9. The Morgan fingerprint density at radius 1 is 0.681 bits per heavy atom. The van der Waals surface area contributed by atoms with Gasteiger partial charge in [0.1, 0.15) is 34.5 Å². The lowest BCUT2D eigenvalue weighted by Crippen LogP contribution is -2.13. The second-order valence-electron chi connectivity index (χ2n) is 10.1. The molecule has 0 saturated heterocycles. The number of carbonyl (C=O) groups excluding carboxylic acids is 2. The van der Waals surface area contributed by atoms with Crippen molar-refractivity contribution in [3.8, 4) is 34.5 Å². The Labute approximate surface area is 277 Å². The SMILES string of the molecule is COc1cc2nccc(Oc3ccc(NC(=O)c4cc5c(Oc6ccc(N)c(Cl)c6)ccnc5cc4OC)c(Cl)c3)c2cc1C(N)=O. The predicted octanol–water partition coefficient (Wildman–Crippen LogP) is 7.63. The smallest absolute Gasteiger partial charge is 0.259 e. The van der Waals surface area contributed by atoms with Crippen molar-refractivity contribution in [1.82, 2.24) is 9.97 Å². The van der Waals surface area contributed by atoms with Crippen molar-refractivity contribution in [1.29, 1.82) is 0 Å². The van der Waals surface area contributed by atoms with E-state index in [1.807, 2.05) is 0 Å². The summed E-state index contributed by atoms with van der Waals surface area (Å²) >= 11 is 12.8. The van der Waals surface area contributed by atoms with Gasteiger partial charge >= 0.3 is 0 Å². The number of methoxy groups -OCH3 is 2. The van der Waals surface area contributed by atoms with Crippen LogP contribution in [0.3, 0.4) is 0 Å². The molecule has 0 radical (unpaired) electrons. The highest BCUT2D eigenvalue weighted by molar-refractivity contribution is 6.34. The molecule has 11 nitrogen and oxygen atoms in total. The lowest BCUT2D eigenvalue weighted by atomic mass is 10.1. The summed E-state index contributed by atoms with van der Waals surface area (Å²) in [7, 11) is 2.90. The van der Waals surface area contributed by atoms with Crippen LogP contribution in [0.5, 0.6) is 34.5 Å². The zero-order valence-corrected chi connectivity index (χ0v) is 26.3. The third-order valence-corrected chi connectivity index (χ3v) is 7.81. The van der Waals surface area contributed by atoms with E-state index in [2.05, 4.69) is 15.3 Å². The molecule has 6 aromatic rings. The van der Waals surface area contributed by atoms with Crippen molar-refractivity contribution in [3.05, 3.63) is 106 Å². The van der Waals surface area contributed by atoms with Gasteiger partial charge in [-0.1, -0.05) is 23.2 Å². The maximum atomic E-state index is 13.6. The first-order valence-electron chi connectivity index (χ1n) is 13.9. The van der Waals surface area contributed by atoms with Gasteiger partial charge in [0.05, 0.1) is 57.8 Å². The molecule has 47 heavy (non-hydrogen) atoms. The number of nitrogens with zero attached hydrogens (tertiary/aromatic N) is 2. The van der Waals surface area contributed by atoms with Crippen molar-refractivity contribution < 1.29 is 28.5 Å². The maximum absolute atomic E-state index is 13.6. The zero-order chi connectivity index (χ0) is 33.2. The number of benzene rings is 4. The van der Waals surface area contributed by atoms with Crippen LogP contribution >= 0.6 is 23.2 Å². The molecule has 0 aliphatic heterocycles. The second-order valence-corrected chi connectivity index (χ2v) is 10.9. The molecule has 0 saturated carbocycles. The number of carbonyl (C=O) groups is 2. The first-order chi connectivity index (χ1) is 22.6. The number of pyridine rings is 2. The van der Waals surface area contributed by atoms with E-state index in [1.165, 1.54) is 14.2 Å². The van der Waals surface area contributed by atoms with Crippen LogP contribution in [0.2, 0.25) is 10.0 Å². The Hall–Kier alpha value is -5.78. The maximum Gasteiger partial charge on any atom is 0.259 e. The minimum absolute atomic E-state index is 0.183. The van der Waals surface area contributed by atoms with Crippen LogP contribution in [0.25, 0.3) is 21.8 Å². The number of ether oxygens (including phenoxy) is 4. The molecule has 2 heterocycles. The average Bonchev–Trinajstić information content (AvgIpc) is 3.06. The molecule has 0 spiro atoms. The Morgan fingerprint density at radius 2 is 1.21 bits per heavy atom. The van der Waals surface area contributed by atoms with Crippen molar-refractivity contribution in [2.75, 3.05) is 25.3 Å². The number of halogens is 2. The molecule has 0 aliphatic carbocycles. The quantitative estimate of drug-likeness (QED) is 0.131. The van der Waals surface area contributed by atoms with Crippen LogP contribution in [-0.2, 0) is 0 Å². The number of hydrogen-bond donors (Lipinski definition) is 3. The van der Waals surface area contributed by atoms with Crippen LogP contribution < -0.4 is 35.7 Å². The summed E-state index contributed by atoms with van der Waals surface area (Å²) in [5.41, 5.74) is 13.6. The molecule has 2 amide bonds. The molecule has 0 bridgehead atoms. The number of nitrogens with one attached hydrogen (secondary N) is 1. The van der Waals surface area contributed by atoms with Crippen molar-refractivity contribution in [3.63, 3.8) is 0 Å². The van der Waals surface area contributed by atoms with Crippen LogP contribution in [-0.4, -0.2) is 36.0 Å². The van der Waals surface area contributed by atoms with Crippen LogP contribution in [0.1, 0.15) is 20.7 Å². The number of nitrogens with two attached hydrogens (primary N) is 2. The first kappa shape index (κ1) is 31.2. The van der Waals surface area contributed by atoms with Crippen LogP contribution in [0.15, 0.2) is 85.2 Å². The second kappa shape index (κ2) is 12.9. The fraction of sp³-hybridized carbons (Fsp3) is 0.0588. The number of hydrogen-bond acceptors (Lipinski definition) is 9. The number of aromatic nitrogens is 2. The first-order valence-corrected chi connectivity index (χ1v) is 14.7. The van der Waals surface area contributed by atoms with Gasteiger partial charge in [-0.2, -0.15) is 0 Å². The zero-order valence-electron chi connectivity index (χ0n) is 24.8. The fourth-order valence-electron chi connectivity index (χ4n) is 4.86. The van der Waals surface area contributed by atoms with Crippen molar-refractivity contribution in [2.24, 2.45) is 5.73 Å². The lowest BCUT2D eigenvalue weighted by Gasteiger charge is -2.15. The Bertz CT molecular complexity index is 2210. The Morgan fingerprint density at radius 3 is 1.74 bits per heavy atom. The van der Waals surface area contributed by atoms with Gasteiger partial charge in [0.15, 0.2) is 0 Å². The van der Waals surface area contributed by atoms with Crippen molar-refractivity contribution in [2.45, 2.75) is 0 Å². The molecular weight excluding hydrogens is 645 g/mol. The van der Waals surface area contributed by atoms with Gasteiger partial charge in [-0.3, -0.25) is 19.6 Å². The van der Waals surface area contributed by atoms with E-state index in [1.54, 1.807) is 85.2 Å². The van der Waals surface area contributed by atoms with E-state index < -0.39 is 11.8 Å². The summed E-state index contributed by atoms with van der Waals surface area (Å²) in [6.45, 7) is 0. The molecule has 13 heteroatoms. The van der Waals surface area contributed by atoms with E-state index >= 15 is 0 Å². The van der Waals surface area contributed by atoms with Gasteiger partial charge in [-0.25, -0.2) is 0 Å². The highest BCUT2D eigenvalue weighted by Gasteiger charge is 2.19. The Balaban J connectivity index is 1.27. The molecule has 2 aromatic heterocycles. The monoisotopic (exact) mass is 669 g/mol. The largest absolute Gasteiger partial charge is 0.496 e. The van der Waals surface area contributed by atoms with Gasteiger partial charge in [-0.05, 0) is 48.5 Å². The number of primary amides is 1. The molecule has 0 unspecified atom stereocenters. The number of nitrogen functional groups attached to an aromatic ring is 1. The third-order valence-electron chi connectivity index (χ3n) is 7.17. The molecule has 236 valence electrons. The highest BCUT2D eigenvalue weighted by atomic mass is 35.5. The fourth-order valence-corrected chi connectivity index (χ4v) is 5.25. The minimum atomic E-state index is -0.656.